The maximum absolute atomic E-state index is 12.3. The molecule has 5 nitrogen and oxygen atoms in total. The minimum atomic E-state index is -3.64. The summed E-state index contributed by atoms with van der Waals surface area (Å²) in [6.45, 7) is 3.54. The summed E-state index contributed by atoms with van der Waals surface area (Å²) >= 11 is 0. The lowest BCUT2D eigenvalue weighted by atomic mass is 9.81. The van der Waals surface area contributed by atoms with Crippen LogP contribution in [0, 0.1) is 13.8 Å². The first-order chi connectivity index (χ1) is 8.73. The Kier molecular flexibility index (Phi) is 3.59. The van der Waals surface area contributed by atoms with Crippen molar-refractivity contribution in [3.8, 4) is 0 Å². The van der Waals surface area contributed by atoms with Gasteiger partial charge in [0, 0.05) is 12.2 Å². The maximum atomic E-state index is 12.3. The number of nitrogens with two attached hydrogens (primary N) is 1. The molecule has 106 valence electrons. The third kappa shape index (κ3) is 2.91. The van der Waals surface area contributed by atoms with E-state index < -0.39 is 15.6 Å². The van der Waals surface area contributed by atoms with E-state index in [0.29, 0.717) is 24.1 Å². The minimum absolute atomic E-state index is 0.0582. The van der Waals surface area contributed by atoms with Crippen molar-refractivity contribution in [2.24, 2.45) is 0 Å². The molecule has 1 saturated carbocycles. The zero-order valence-corrected chi connectivity index (χ0v) is 12.0. The molecule has 1 aliphatic rings. The van der Waals surface area contributed by atoms with Crippen molar-refractivity contribution in [2.45, 2.75) is 43.6 Å². The van der Waals surface area contributed by atoms with Gasteiger partial charge in [-0.05, 0) is 56.4 Å². The van der Waals surface area contributed by atoms with Gasteiger partial charge < -0.3 is 10.8 Å². The first-order valence-electron chi connectivity index (χ1n) is 6.32. The van der Waals surface area contributed by atoms with Gasteiger partial charge in [-0.1, -0.05) is 0 Å². The average Bonchev–Trinajstić information content (AvgIpc) is 2.28. The molecule has 0 heterocycles. The number of nitrogen functional groups attached to an aromatic ring is 1. The fourth-order valence-corrected chi connectivity index (χ4v) is 3.68. The SMILES string of the molecule is Cc1cc(N)c(C)c(S(=O)(=O)NCC2(O)CCC2)c1. The number of hydrogen-bond acceptors (Lipinski definition) is 4. The van der Waals surface area contributed by atoms with Crippen LogP contribution in [0.5, 0.6) is 0 Å². The number of aryl methyl sites for hydroxylation is 1. The van der Waals surface area contributed by atoms with Crippen LogP contribution >= 0.6 is 0 Å². The fourth-order valence-electron chi connectivity index (χ4n) is 2.20. The van der Waals surface area contributed by atoms with Crippen LogP contribution in [0.15, 0.2) is 17.0 Å². The van der Waals surface area contributed by atoms with Gasteiger partial charge in [0.05, 0.1) is 10.5 Å². The Labute approximate surface area is 113 Å². The number of benzene rings is 1. The zero-order chi connectivity index (χ0) is 14.3. The van der Waals surface area contributed by atoms with Crippen molar-refractivity contribution in [3.63, 3.8) is 0 Å². The van der Waals surface area contributed by atoms with Crippen molar-refractivity contribution < 1.29 is 13.5 Å². The molecule has 0 saturated heterocycles. The van der Waals surface area contributed by atoms with Gasteiger partial charge in [-0.3, -0.25) is 0 Å². The molecule has 0 atom stereocenters. The lowest BCUT2D eigenvalue weighted by molar-refractivity contribution is -0.0270. The first kappa shape index (κ1) is 14.3. The van der Waals surface area contributed by atoms with Gasteiger partial charge in [0.2, 0.25) is 10.0 Å². The molecular weight excluding hydrogens is 264 g/mol. The first-order valence-corrected chi connectivity index (χ1v) is 7.81. The van der Waals surface area contributed by atoms with Gasteiger partial charge in [-0.2, -0.15) is 0 Å². The number of nitrogens with one attached hydrogen (secondary N) is 1. The van der Waals surface area contributed by atoms with Gasteiger partial charge in [0.25, 0.3) is 0 Å². The average molecular weight is 284 g/mol. The minimum Gasteiger partial charge on any atom is -0.398 e. The number of sulfonamides is 1. The molecule has 0 aliphatic heterocycles. The van der Waals surface area contributed by atoms with E-state index in [1.165, 1.54) is 0 Å². The zero-order valence-electron chi connectivity index (χ0n) is 11.2. The summed E-state index contributed by atoms with van der Waals surface area (Å²) in [5, 5.41) is 9.95. The summed E-state index contributed by atoms with van der Waals surface area (Å²) in [6.07, 6.45) is 2.23. The molecular formula is C13H20N2O3S. The summed E-state index contributed by atoms with van der Waals surface area (Å²) < 4.78 is 27.0. The summed E-state index contributed by atoms with van der Waals surface area (Å²) in [4.78, 5) is 0.188. The van der Waals surface area contributed by atoms with Crippen molar-refractivity contribution >= 4 is 15.7 Å². The van der Waals surface area contributed by atoms with Gasteiger partial charge in [-0.15, -0.1) is 0 Å². The quantitative estimate of drug-likeness (QED) is 0.721. The largest absolute Gasteiger partial charge is 0.398 e. The summed E-state index contributed by atoms with van der Waals surface area (Å²) in [6, 6.07) is 3.34. The van der Waals surface area contributed by atoms with E-state index in [1.54, 1.807) is 26.0 Å². The molecule has 0 unspecified atom stereocenters. The molecule has 0 spiro atoms. The van der Waals surface area contributed by atoms with Crippen LogP contribution in [0.3, 0.4) is 0 Å². The smallest absolute Gasteiger partial charge is 0.241 e. The molecule has 6 heteroatoms. The van der Waals surface area contributed by atoms with Crippen LogP contribution in [-0.2, 0) is 10.0 Å². The van der Waals surface area contributed by atoms with Crippen LogP contribution in [-0.4, -0.2) is 25.7 Å². The monoisotopic (exact) mass is 284 g/mol. The maximum Gasteiger partial charge on any atom is 0.241 e. The van der Waals surface area contributed by atoms with Crippen molar-refractivity contribution in [3.05, 3.63) is 23.3 Å². The Hall–Kier alpha value is -1.11. The topological polar surface area (TPSA) is 92.4 Å². The molecule has 1 aromatic rings. The Bertz CT molecular complexity index is 592. The summed E-state index contributed by atoms with van der Waals surface area (Å²) in [5.74, 6) is 0. The molecule has 4 N–H and O–H groups in total. The lowest BCUT2D eigenvalue weighted by Gasteiger charge is -2.36. The van der Waals surface area contributed by atoms with E-state index in [4.69, 9.17) is 5.73 Å². The highest BCUT2D eigenvalue weighted by atomic mass is 32.2. The second kappa shape index (κ2) is 4.77. The van der Waals surface area contributed by atoms with E-state index in [9.17, 15) is 13.5 Å². The van der Waals surface area contributed by atoms with Crippen LogP contribution in [0.4, 0.5) is 5.69 Å². The van der Waals surface area contributed by atoms with Crippen molar-refractivity contribution in [1.29, 1.82) is 0 Å². The Morgan fingerprint density at radius 2 is 2.00 bits per heavy atom. The molecule has 0 bridgehead atoms. The van der Waals surface area contributed by atoms with Crippen LogP contribution in [0.25, 0.3) is 0 Å². The van der Waals surface area contributed by atoms with Crippen molar-refractivity contribution in [1.82, 2.24) is 4.72 Å². The molecule has 1 aliphatic carbocycles. The van der Waals surface area contributed by atoms with Crippen molar-refractivity contribution in [2.75, 3.05) is 12.3 Å². The third-order valence-electron chi connectivity index (χ3n) is 3.71. The Morgan fingerprint density at radius 3 is 2.53 bits per heavy atom. The second-order valence-electron chi connectivity index (χ2n) is 5.38. The Morgan fingerprint density at radius 1 is 1.37 bits per heavy atom. The van der Waals surface area contributed by atoms with Gasteiger partial charge >= 0.3 is 0 Å². The number of aliphatic hydroxyl groups is 1. The fraction of sp³-hybridized carbons (Fsp3) is 0.538. The van der Waals surface area contributed by atoms with E-state index in [2.05, 4.69) is 4.72 Å². The standard InChI is InChI=1S/C13H20N2O3S/c1-9-6-11(14)10(2)12(7-9)19(17,18)15-8-13(16)4-3-5-13/h6-7,15-16H,3-5,8,14H2,1-2H3. The normalized spacial score (nSPS) is 18.1. The number of hydrogen-bond donors (Lipinski definition) is 3. The Balaban J connectivity index is 2.24. The highest BCUT2D eigenvalue weighted by Gasteiger charge is 2.35. The predicted octanol–water partition coefficient (Wildman–Crippen LogP) is 1.08. The predicted molar refractivity (Wildman–Crippen MR) is 74.3 cm³/mol. The van der Waals surface area contributed by atoms with Gasteiger partial charge in [0.1, 0.15) is 0 Å². The second-order valence-corrected chi connectivity index (χ2v) is 7.12. The van der Waals surface area contributed by atoms with Gasteiger partial charge in [-0.25, -0.2) is 13.1 Å². The lowest BCUT2D eigenvalue weighted by Crippen LogP contribution is -2.47. The molecule has 1 aromatic carbocycles. The number of rotatable bonds is 4. The highest BCUT2D eigenvalue weighted by Crippen LogP contribution is 2.31. The van der Waals surface area contributed by atoms with E-state index in [1.807, 2.05) is 0 Å². The van der Waals surface area contributed by atoms with E-state index in [-0.39, 0.29) is 11.4 Å². The summed E-state index contributed by atoms with van der Waals surface area (Å²) in [5.41, 5.74) is 6.72. The van der Waals surface area contributed by atoms with Crippen LogP contribution in [0.1, 0.15) is 30.4 Å². The molecule has 1 fully saturated rings. The molecule has 0 radical (unpaired) electrons. The van der Waals surface area contributed by atoms with Crippen LogP contribution < -0.4 is 10.5 Å². The number of anilines is 1. The molecule has 0 aromatic heterocycles. The highest BCUT2D eigenvalue weighted by molar-refractivity contribution is 7.89. The molecule has 0 amide bonds. The van der Waals surface area contributed by atoms with Crippen LogP contribution in [0.2, 0.25) is 0 Å². The third-order valence-corrected chi connectivity index (χ3v) is 5.24. The van der Waals surface area contributed by atoms with E-state index in [0.717, 1.165) is 12.0 Å². The summed E-state index contributed by atoms with van der Waals surface area (Å²) in [7, 11) is -3.64. The molecule has 19 heavy (non-hydrogen) atoms. The van der Waals surface area contributed by atoms with Gasteiger partial charge in [0.15, 0.2) is 0 Å². The molecule has 2 rings (SSSR count). The van der Waals surface area contributed by atoms with E-state index >= 15 is 0 Å².